The number of carboxylic acid groups (broad SMARTS) is 2. The van der Waals surface area contributed by atoms with Crippen LogP contribution in [0.3, 0.4) is 0 Å². The van der Waals surface area contributed by atoms with Crippen molar-refractivity contribution in [1.82, 2.24) is 0 Å². The number of ether oxygens (including phenoxy) is 6. The standard InChI is InChI=1S/C27H42O14/c1-8-16(36-5)20(23(30)31)14(25(33)40-10-3)11-18(38-7)21-15(26(34)41-27(21)35)12-17(37-6)19(22(28)29)13(4)24(32)39-9-2/h13-21H,8-12H2,1-7H3,(H,28,29)(H,30,31). The number of aliphatic carboxylic acids is 2. The van der Waals surface area contributed by atoms with Crippen LogP contribution < -0.4 is 0 Å². The van der Waals surface area contributed by atoms with E-state index in [2.05, 4.69) is 0 Å². The number of hydrogen-bond acceptors (Lipinski definition) is 12. The van der Waals surface area contributed by atoms with Gasteiger partial charge < -0.3 is 38.6 Å². The lowest BCUT2D eigenvalue weighted by atomic mass is 9.75. The Morgan fingerprint density at radius 1 is 0.805 bits per heavy atom. The molecule has 1 heterocycles. The Balaban J connectivity index is 3.47. The number of methoxy groups -OCH3 is 3. The predicted molar refractivity (Wildman–Crippen MR) is 138 cm³/mol. The molecule has 0 aromatic carbocycles. The maximum Gasteiger partial charge on any atom is 0.320 e. The molecule has 9 unspecified atom stereocenters. The zero-order valence-electron chi connectivity index (χ0n) is 24.5. The van der Waals surface area contributed by atoms with E-state index in [0.717, 1.165) is 0 Å². The van der Waals surface area contributed by atoms with Crippen LogP contribution in [0.2, 0.25) is 0 Å². The Morgan fingerprint density at radius 2 is 1.34 bits per heavy atom. The lowest BCUT2D eigenvalue weighted by Gasteiger charge is -2.33. The van der Waals surface area contributed by atoms with Gasteiger partial charge in [0.2, 0.25) is 0 Å². The molecular formula is C27H42O14. The van der Waals surface area contributed by atoms with Gasteiger partial charge in [-0.3, -0.25) is 28.8 Å². The minimum Gasteiger partial charge on any atom is -0.481 e. The molecule has 0 spiro atoms. The SMILES string of the molecule is CCOC(=O)C(C)C(C(=O)O)C(CC1C(=O)OC(=O)C1C(CC(C(=O)OCC)C(C(=O)O)C(CC)OC)OC)OC. The summed E-state index contributed by atoms with van der Waals surface area (Å²) >= 11 is 0. The second kappa shape index (κ2) is 17.0. The van der Waals surface area contributed by atoms with E-state index >= 15 is 0 Å². The van der Waals surface area contributed by atoms with E-state index in [0.29, 0.717) is 0 Å². The molecule has 0 aromatic heterocycles. The first kappa shape index (κ1) is 35.9. The van der Waals surface area contributed by atoms with Crippen LogP contribution in [0, 0.1) is 35.5 Å². The van der Waals surface area contributed by atoms with E-state index in [-0.39, 0.29) is 32.5 Å². The van der Waals surface area contributed by atoms with Crippen LogP contribution in [0.1, 0.15) is 47.0 Å². The van der Waals surface area contributed by atoms with Gasteiger partial charge in [0.05, 0.1) is 67.0 Å². The van der Waals surface area contributed by atoms with Crippen molar-refractivity contribution in [2.75, 3.05) is 34.5 Å². The Bertz CT molecular complexity index is 929. The number of esters is 4. The van der Waals surface area contributed by atoms with Gasteiger partial charge in [-0.25, -0.2) is 0 Å². The molecule has 9 atom stereocenters. The highest BCUT2D eigenvalue weighted by molar-refractivity contribution is 5.97. The highest BCUT2D eigenvalue weighted by Crippen LogP contribution is 2.39. The highest BCUT2D eigenvalue weighted by Gasteiger charge is 2.53. The van der Waals surface area contributed by atoms with Crippen molar-refractivity contribution in [3.8, 4) is 0 Å². The lowest BCUT2D eigenvalue weighted by Crippen LogP contribution is -2.45. The number of carboxylic acids is 2. The molecule has 0 aromatic rings. The highest BCUT2D eigenvalue weighted by atomic mass is 16.6. The van der Waals surface area contributed by atoms with Gasteiger partial charge in [-0.15, -0.1) is 0 Å². The third kappa shape index (κ3) is 8.94. The monoisotopic (exact) mass is 590 g/mol. The van der Waals surface area contributed by atoms with Crippen molar-refractivity contribution in [2.45, 2.75) is 65.3 Å². The smallest absolute Gasteiger partial charge is 0.320 e. The Labute approximate surface area is 238 Å². The molecule has 0 bridgehead atoms. The van der Waals surface area contributed by atoms with E-state index in [1.165, 1.54) is 28.3 Å². The number of carbonyl (C=O) groups excluding carboxylic acids is 4. The second-order valence-corrected chi connectivity index (χ2v) is 9.70. The summed E-state index contributed by atoms with van der Waals surface area (Å²) in [5.41, 5.74) is 0. The molecule has 0 aliphatic carbocycles. The number of rotatable bonds is 19. The van der Waals surface area contributed by atoms with Crippen molar-refractivity contribution < 1.29 is 67.4 Å². The largest absolute Gasteiger partial charge is 0.481 e. The minimum absolute atomic E-state index is 0.0230. The van der Waals surface area contributed by atoms with Crippen LogP contribution in [-0.4, -0.2) is 98.9 Å². The predicted octanol–water partition coefficient (Wildman–Crippen LogP) is 1.32. The third-order valence-electron chi connectivity index (χ3n) is 7.48. The molecule has 41 heavy (non-hydrogen) atoms. The topological polar surface area (TPSA) is 198 Å². The van der Waals surface area contributed by atoms with Gasteiger partial charge in [0.15, 0.2) is 0 Å². The van der Waals surface area contributed by atoms with Crippen LogP contribution in [0.15, 0.2) is 0 Å². The van der Waals surface area contributed by atoms with Crippen molar-refractivity contribution >= 4 is 35.8 Å². The molecule has 0 saturated carbocycles. The maximum atomic E-state index is 13.0. The minimum atomic E-state index is -1.44. The fourth-order valence-corrected chi connectivity index (χ4v) is 5.40. The summed E-state index contributed by atoms with van der Waals surface area (Å²) in [7, 11) is 3.73. The average molecular weight is 591 g/mol. The molecule has 1 fully saturated rings. The summed E-state index contributed by atoms with van der Waals surface area (Å²) in [5.74, 6) is -14.2. The van der Waals surface area contributed by atoms with Crippen LogP contribution in [0.4, 0.5) is 0 Å². The van der Waals surface area contributed by atoms with Crippen molar-refractivity contribution in [3.05, 3.63) is 0 Å². The Morgan fingerprint density at radius 3 is 1.78 bits per heavy atom. The molecule has 234 valence electrons. The van der Waals surface area contributed by atoms with Gasteiger partial charge in [-0.2, -0.15) is 0 Å². The summed E-state index contributed by atoms with van der Waals surface area (Å²) in [6, 6.07) is 0. The molecule has 0 amide bonds. The number of cyclic esters (lactones) is 2. The van der Waals surface area contributed by atoms with Crippen molar-refractivity contribution in [2.24, 2.45) is 35.5 Å². The first-order valence-electron chi connectivity index (χ1n) is 13.5. The fraction of sp³-hybridized carbons (Fsp3) is 0.778. The Hall–Kier alpha value is -3.10. The number of hydrogen-bond donors (Lipinski definition) is 2. The molecule has 1 aliphatic rings. The molecular weight excluding hydrogens is 548 g/mol. The number of carbonyl (C=O) groups is 6. The molecule has 0 radical (unpaired) electrons. The molecule has 1 saturated heterocycles. The molecule has 14 nitrogen and oxygen atoms in total. The van der Waals surface area contributed by atoms with Gasteiger partial charge in [-0.1, -0.05) is 13.8 Å². The molecule has 1 rings (SSSR count). The van der Waals surface area contributed by atoms with Gasteiger partial charge in [0.1, 0.15) is 0 Å². The van der Waals surface area contributed by atoms with E-state index < -0.39 is 89.6 Å². The average Bonchev–Trinajstić information content (AvgIpc) is 3.19. The van der Waals surface area contributed by atoms with Gasteiger partial charge in [0, 0.05) is 21.3 Å². The summed E-state index contributed by atoms with van der Waals surface area (Å²) in [6.07, 6.45) is -3.79. The van der Waals surface area contributed by atoms with E-state index in [1.807, 2.05) is 0 Å². The van der Waals surface area contributed by atoms with E-state index in [9.17, 15) is 39.0 Å². The van der Waals surface area contributed by atoms with Crippen LogP contribution in [0.25, 0.3) is 0 Å². The van der Waals surface area contributed by atoms with Gasteiger partial charge in [-0.05, 0) is 33.1 Å². The normalized spacial score (nSPS) is 22.0. The third-order valence-corrected chi connectivity index (χ3v) is 7.48. The zero-order chi connectivity index (χ0) is 31.4. The van der Waals surface area contributed by atoms with E-state index in [1.54, 1.807) is 20.8 Å². The van der Waals surface area contributed by atoms with Crippen molar-refractivity contribution in [3.63, 3.8) is 0 Å². The quantitative estimate of drug-likeness (QED) is 0.124. The maximum absolute atomic E-state index is 13.0. The first-order valence-corrected chi connectivity index (χ1v) is 13.5. The summed E-state index contributed by atoms with van der Waals surface area (Å²) in [6.45, 7) is 6.14. The summed E-state index contributed by atoms with van der Waals surface area (Å²) < 4.78 is 31.2. The second-order valence-electron chi connectivity index (χ2n) is 9.70. The fourth-order valence-electron chi connectivity index (χ4n) is 5.40. The van der Waals surface area contributed by atoms with Crippen LogP contribution in [0.5, 0.6) is 0 Å². The summed E-state index contributed by atoms with van der Waals surface area (Å²) in [5, 5.41) is 19.9. The summed E-state index contributed by atoms with van der Waals surface area (Å²) in [4.78, 5) is 75.5. The van der Waals surface area contributed by atoms with Crippen molar-refractivity contribution in [1.29, 1.82) is 0 Å². The van der Waals surface area contributed by atoms with Gasteiger partial charge >= 0.3 is 35.8 Å². The molecule has 1 aliphatic heterocycles. The first-order chi connectivity index (χ1) is 19.3. The van der Waals surface area contributed by atoms with Crippen LogP contribution >= 0.6 is 0 Å². The zero-order valence-corrected chi connectivity index (χ0v) is 24.5. The Kier molecular flexibility index (Phi) is 14.9. The lowest BCUT2D eigenvalue weighted by molar-refractivity contribution is -0.166. The molecule has 2 N–H and O–H groups in total. The van der Waals surface area contributed by atoms with E-state index in [4.69, 9.17) is 28.4 Å². The van der Waals surface area contributed by atoms with Gasteiger partial charge in [0.25, 0.3) is 0 Å². The van der Waals surface area contributed by atoms with Crippen LogP contribution in [-0.2, 0) is 57.2 Å². The molecule has 14 heteroatoms.